The Morgan fingerprint density at radius 2 is 1.95 bits per heavy atom. The number of halogens is 1. The summed E-state index contributed by atoms with van der Waals surface area (Å²) in [4.78, 5) is 12.0. The van der Waals surface area contributed by atoms with Crippen molar-refractivity contribution in [3.63, 3.8) is 0 Å². The molecule has 4 heteroatoms. The Bertz CT molecular complexity index is 545. The lowest BCUT2D eigenvalue weighted by Crippen LogP contribution is -2.09. The molecule has 1 aromatic carbocycles. The molecule has 3 rings (SSSR count). The van der Waals surface area contributed by atoms with Crippen LogP contribution in [0.2, 0.25) is 5.02 Å². The second-order valence-electron chi connectivity index (χ2n) is 5.54. The monoisotopic (exact) mass is 294 g/mol. The highest BCUT2D eigenvalue weighted by Gasteiger charge is 2.37. The zero-order valence-corrected chi connectivity index (χ0v) is 12.6. The van der Waals surface area contributed by atoms with E-state index < -0.39 is 0 Å². The van der Waals surface area contributed by atoms with Crippen molar-refractivity contribution < 1.29 is 14.3 Å². The zero-order valence-electron chi connectivity index (χ0n) is 11.9. The molecule has 0 heterocycles. The van der Waals surface area contributed by atoms with Crippen molar-refractivity contribution >= 4 is 17.6 Å². The fourth-order valence-corrected chi connectivity index (χ4v) is 3.15. The highest BCUT2D eigenvalue weighted by Crippen LogP contribution is 2.54. The van der Waals surface area contributed by atoms with Gasteiger partial charge in [0.05, 0.1) is 18.7 Å². The van der Waals surface area contributed by atoms with Gasteiger partial charge in [0.1, 0.15) is 5.56 Å². The van der Waals surface area contributed by atoms with Gasteiger partial charge in [-0.15, -0.1) is 0 Å². The molecule has 0 unspecified atom stereocenters. The van der Waals surface area contributed by atoms with Crippen molar-refractivity contribution in [1.29, 1.82) is 0 Å². The van der Waals surface area contributed by atoms with Gasteiger partial charge in [-0.1, -0.05) is 11.6 Å². The largest absolute Gasteiger partial charge is 0.491 e. The fourth-order valence-electron chi connectivity index (χ4n) is 2.73. The summed E-state index contributed by atoms with van der Waals surface area (Å²) in [5.74, 6) is 1.22. The number of carbonyl (C=O) groups is 1. The van der Waals surface area contributed by atoms with Crippen LogP contribution in [0.1, 0.15) is 65.9 Å². The van der Waals surface area contributed by atoms with E-state index in [0.717, 1.165) is 0 Å². The minimum atomic E-state index is -0.375. The minimum Gasteiger partial charge on any atom is -0.491 e. The summed E-state index contributed by atoms with van der Waals surface area (Å²) < 4.78 is 10.5. The molecule has 0 aromatic heterocycles. The van der Waals surface area contributed by atoms with E-state index >= 15 is 0 Å². The Kier molecular flexibility index (Phi) is 3.63. The molecule has 108 valence electrons. The Morgan fingerprint density at radius 3 is 2.45 bits per heavy atom. The third kappa shape index (κ3) is 2.39. The second kappa shape index (κ2) is 5.28. The number of hydrogen-bond donors (Lipinski definition) is 0. The minimum absolute atomic E-state index is 0.375. The van der Waals surface area contributed by atoms with Crippen LogP contribution in [-0.2, 0) is 4.74 Å². The van der Waals surface area contributed by atoms with Crippen molar-refractivity contribution in [2.24, 2.45) is 0 Å². The molecule has 2 fully saturated rings. The second-order valence-corrected chi connectivity index (χ2v) is 5.92. The highest BCUT2D eigenvalue weighted by molar-refractivity contribution is 6.33. The number of hydrogen-bond acceptors (Lipinski definition) is 3. The predicted molar refractivity (Wildman–Crippen MR) is 77.9 cm³/mol. The molecule has 0 bridgehead atoms. The predicted octanol–water partition coefficient (Wildman–Crippen LogP) is 4.28. The summed E-state index contributed by atoms with van der Waals surface area (Å²) in [6.45, 7) is 2.37. The summed E-state index contributed by atoms with van der Waals surface area (Å²) in [5, 5.41) is 0.624. The maximum Gasteiger partial charge on any atom is 0.341 e. The van der Waals surface area contributed by atoms with Gasteiger partial charge in [0.2, 0.25) is 0 Å². The molecule has 0 aliphatic heterocycles. The average molecular weight is 295 g/mol. The van der Waals surface area contributed by atoms with Crippen LogP contribution in [-0.4, -0.2) is 19.7 Å². The first-order chi connectivity index (χ1) is 9.67. The molecule has 0 N–H and O–H groups in total. The van der Waals surface area contributed by atoms with Crippen LogP contribution >= 0.6 is 11.6 Å². The maximum atomic E-state index is 12.0. The van der Waals surface area contributed by atoms with Crippen LogP contribution in [0.3, 0.4) is 0 Å². The summed E-state index contributed by atoms with van der Waals surface area (Å²) in [7, 11) is 1.39. The van der Waals surface area contributed by atoms with E-state index in [1.54, 1.807) is 0 Å². The Hall–Kier alpha value is -1.22. The summed E-state index contributed by atoms with van der Waals surface area (Å²) in [6.07, 6.45) is 4.74. The molecule has 0 atom stereocenters. The van der Waals surface area contributed by atoms with E-state index in [2.05, 4.69) is 0 Å². The van der Waals surface area contributed by atoms with Gasteiger partial charge in [-0.3, -0.25) is 0 Å². The van der Waals surface area contributed by atoms with Crippen LogP contribution in [0.25, 0.3) is 0 Å². The van der Waals surface area contributed by atoms with E-state index in [0.29, 0.717) is 34.8 Å². The van der Waals surface area contributed by atoms with Gasteiger partial charge >= 0.3 is 5.97 Å². The van der Waals surface area contributed by atoms with Crippen LogP contribution in [0, 0.1) is 0 Å². The van der Waals surface area contributed by atoms with Crippen LogP contribution in [0.15, 0.2) is 6.07 Å². The fraction of sp³-hybridized carbons (Fsp3) is 0.562. The lowest BCUT2D eigenvalue weighted by molar-refractivity contribution is 0.0596. The van der Waals surface area contributed by atoms with E-state index in [4.69, 9.17) is 21.1 Å². The van der Waals surface area contributed by atoms with Crippen LogP contribution in [0.4, 0.5) is 0 Å². The first-order valence-electron chi connectivity index (χ1n) is 7.24. The van der Waals surface area contributed by atoms with Crippen molar-refractivity contribution in [2.75, 3.05) is 13.7 Å². The van der Waals surface area contributed by atoms with Gasteiger partial charge in [0, 0.05) is 0 Å². The third-order valence-corrected chi connectivity index (χ3v) is 4.36. The van der Waals surface area contributed by atoms with Gasteiger partial charge in [0.25, 0.3) is 0 Å². The van der Waals surface area contributed by atoms with Gasteiger partial charge in [-0.05, 0) is 61.6 Å². The Labute approximate surface area is 124 Å². The maximum absolute atomic E-state index is 12.0. The molecule has 0 saturated heterocycles. The Morgan fingerprint density at radius 1 is 1.30 bits per heavy atom. The van der Waals surface area contributed by atoms with Crippen molar-refractivity contribution in [3.05, 3.63) is 27.8 Å². The van der Waals surface area contributed by atoms with Crippen molar-refractivity contribution in [1.82, 2.24) is 0 Å². The van der Waals surface area contributed by atoms with E-state index in [1.807, 2.05) is 13.0 Å². The molecule has 0 amide bonds. The normalized spacial score (nSPS) is 17.9. The molecule has 2 aliphatic carbocycles. The van der Waals surface area contributed by atoms with E-state index in [9.17, 15) is 4.79 Å². The number of carbonyl (C=O) groups excluding carboxylic acids is 1. The van der Waals surface area contributed by atoms with Gasteiger partial charge in [-0.25, -0.2) is 4.79 Å². The lowest BCUT2D eigenvalue weighted by Gasteiger charge is -2.18. The number of methoxy groups -OCH3 is 1. The number of esters is 1. The topological polar surface area (TPSA) is 35.5 Å². The van der Waals surface area contributed by atoms with Gasteiger partial charge in [-0.2, -0.15) is 0 Å². The molecular formula is C16H19ClO3. The summed E-state index contributed by atoms with van der Waals surface area (Å²) >= 11 is 6.57. The number of rotatable bonds is 5. The molecule has 1 aromatic rings. The Balaban J connectivity index is 2.15. The first kappa shape index (κ1) is 13.7. The molecule has 0 radical (unpaired) electrons. The standard InChI is InChI=1S/C16H19ClO3/c1-3-20-15-12(16(18)19-2)8-11(9-4-5-9)13(14(15)17)10-6-7-10/h8-10H,3-7H2,1-2H3. The van der Waals surface area contributed by atoms with Gasteiger partial charge in [0.15, 0.2) is 5.75 Å². The van der Waals surface area contributed by atoms with Crippen molar-refractivity contribution in [2.45, 2.75) is 44.4 Å². The molecular weight excluding hydrogens is 276 g/mol. The average Bonchev–Trinajstić information content (AvgIpc) is 3.29. The molecule has 3 nitrogen and oxygen atoms in total. The zero-order chi connectivity index (χ0) is 14.3. The number of ether oxygens (including phenoxy) is 2. The molecule has 2 aliphatic rings. The van der Waals surface area contributed by atoms with Gasteiger partial charge < -0.3 is 9.47 Å². The van der Waals surface area contributed by atoms with Crippen molar-refractivity contribution in [3.8, 4) is 5.75 Å². The third-order valence-electron chi connectivity index (χ3n) is 3.99. The van der Waals surface area contributed by atoms with Crippen LogP contribution < -0.4 is 4.74 Å². The summed E-state index contributed by atoms with van der Waals surface area (Å²) in [6, 6.07) is 1.95. The van der Waals surface area contributed by atoms with E-state index in [-0.39, 0.29) is 5.97 Å². The summed E-state index contributed by atoms with van der Waals surface area (Å²) in [5.41, 5.74) is 2.91. The lowest BCUT2D eigenvalue weighted by atomic mass is 9.95. The molecule has 2 saturated carbocycles. The highest BCUT2D eigenvalue weighted by atomic mass is 35.5. The SMILES string of the molecule is CCOc1c(C(=O)OC)cc(C2CC2)c(C2CC2)c1Cl. The van der Waals surface area contributed by atoms with Crippen LogP contribution in [0.5, 0.6) is 5.75 Å². The number of benzene rings is 1. The first-order valence-corrected chi connectivity index (χ1v) is 7.62. The smallest absolute Gasteiger partial charge is 0.341 e. The molecule has 20 heavy (non-hydrogen) atoms. The molecule has 0 spiro atoms. The quantitative estimate of drug-likeness (QED) is 0.760. The van der Waals surface area contributed by atoms with E-state index in [1.165, 1.54) is 43.9 Å².